The van der Waals surface area contributed by atoms with Gasteiger partial charge in [0.05, 0.1) is 10.6 Å². The summed E-state index contributed by atoms with van der Waals surface area (Å²) in [5, 5.41) is 6.02. The molecule has 0 saturated carbocycles. The van der Waals surface area contributed by atoms with Crippen LogP contribution in [0, 0.1) is 12.7 Å². The highest BCUT2D eigenvalue weighted by Crippen LogP contribution is 2.19. The van der Waals surface area contributed by atoms with Crippen LogP contribution in [0.5, 0.6) is 0 Å². The molecule has 122 valence electrons. The highest BCUT2D eigenvalue weighted by molar-refractivity contribution is 6.33. The summed E-state index contributed by atoms with van der Waals surface area (Å²) in [4.78, 5) is 24.2. The molecule has 23 heavy (non-hydrogen) atoms. The number of carbonyl (C=O) groups excluding carboxylic acids is 2. The van der Waals surface area contributed by atoms with Crippen LogP contribution in [0.25, 0.3) is 0 Å². The van der Waals surface area contributed by atoms with Gasteiger partial charge in [0.2, 0.25) is 0 Å². The smallest absolute Gasteiger partial charge is 0.340 e. The molecule has 0 aliphatic heterocycles. The SMILES string of the molecule is CC[C@@H](OC(=O)c1ccc(F)cc1Cl)C(=O)Nc1cc(C)on1. The summed E-state index contributed by atoms with van der Waals surface area (Å²) >= 11 is 5.80. The van der Waals surface area contributed by atoms with E-state index in [0.29, 0.717) is 5.76 Å². The van der Waals surface area contributed by atoms with Gasteiger partial charge in [-0.2, -0.15) is 0 Å². The monoisotopic (exact) mass is 340 g/mol. The lowest BCUT2D eigenvalue weighted by molar-refractivity contribution is -0.124. The molecular formula is C15H14ClFN2O4. The molecule has 6 nitrogen and oxygen atoms in total. The number of ether oxygens (including phenoxy) is 1. The number of esters is 1. The van der Waals surface area contributed by atoms with Gasteiger partial charge < -0.3 is 14.6 Å². The molecule has 0 spiro atoms. The molecule has 2 aromatic rings. The van der Waals surface area contributed by atoms with Crippen molar-refractivity contribution in [1.29, 1.82) is 0 Å². The van der Waals surface area contributed by atoms with Crippen LogP contribution in [0.2, 0.25) is 5.02 Å². The van der Waals surface area contributed by atoms with Crippen molar-refractivity contribution in [2.45, 2.75) is 26.4 Å². The van der Waals surface area contributed by atoms with Gasteiger partial charge in [-0.25, -0.2) is 9.18 Å². The van der Waals surface area contributed by atoms with Crippen LogP contribution in [0.15, 0.2) is 28.8 Å². The number of halogens is 2. The maximum absolute atomic E-state index is 13.0. The van der Waals surface area contributed by atoms with E-state index in [0.717, 1.165) is 12.1 Å². The summed E-state index contributed by atoms with van der Waals surface area (Å²) < 4.78 is 23.0. The van der Waals surface area contributed by atoms with E-state index in [1.807, 2.05) is 0 Å². The predicted octanol–water partition coefficient (Wildman–Crippen LogP) is 3.35. The number of rotatable bonds is 5. The highest BCUT2D eigenvalue weighted by atomic mass is 35.5. The van der Waals surface area contributed by atoms with E-state index in [4.69, 9.17) is 20.9 Å². The van der Waals surface area contributed by atoms with Crippen molar-refractivity contribution in [3.8, 4) is 0 Å². The molecule has 0 bridgehead atoms. The molecule has 1 heterocycles. The molecule has 1 N–H and O–H groups in total. The Labute approximate surface area is 136 Å². The fourth-order valence-electron chi connectivity index (χ4n) is 1.80. The van der Waals surface area contributed by atoms with E-state index >= 15 is 0 Å². The number of nitrogens with one attached hydrogen (secondary N) is 1. The summed E-state index contributed by atoms with van der Waals surface area (Å²) in [7, 11) is 0. The van der Waals surface area contributed by atoms with E-state index in [2.05, 4.69) is 10.5 Å². The summed E-state index contributed by atoms with van der Waals surface area (Å²) in [5.41, 5.74) is -0.0170. The number of hydrogen-bond donors (Lipinski definition) is 1. The highest BCUT2D eigenvalue weighted by Gasteiger charge is 2.24. The summed E-state index contributed by atoms with van der Waals surface area (Å²) in [6, 6.07) is 4.81. The molecule has 0 aliphatic carbocycles. The van der Waals surface area contributed by atoms with Gasteiger partial charge in [-0.3, -0.25) is 4.79 Å². The Kier molecular flexibility index (Phi) is 5.33. The van der Waals surface area contributed by atoms with Gasteiger partial charge in [0.25, 0.3) is 5.91 Å². The molecule has 2 rings (SSSR count). The molecule has 1 atom stereocenters. The number of hydrogen-bond acceptors (Lipinski definition) is 5. The lowest BCUT2D eigenvalue weighted by Gasteiger charge is -2.15. The Bertz CT molecular complexity index is 732. The third-order valence-corrected chi connectivity index (χ3v) is 3.26. The quantitative estimate of drug-likeness (QED) is 0.844. The molecule has 0 fully saturated rings. The molecule has 1 amide bonds. The van der Waals surface area contributed by atoms with Crippen molar-refractivity contribution in [1.82, 2.24) is 5.16 Å². The van der Waals surface area contributed by atoms with E-state index in [-0.39, 0.29) is 22.8 Å². The van der Waals surface area contributed by atoms with Crippen LogP contribution in [0.4, 0.5) is 10.2 Å². The average molecular weight is 341 g/mol. The van der Waals surface area contributed by atoms with Crippen molar-refractivity contribution in [2.24, 2.45) is 0 Å². The Morgan fingerprint density at radius 3 is 2.74 bits per heavy atom. The zero-order valence-electron chi connectivity index (χ0n) is 12.4. The normalized spacial score (nSPS) is 11.8. The Balaban J connectivity index is 2.05. The Morgan fingerprint density at radius 2 is 2.17 bits per heavy atom. The van der Waals surface area contributed by atoms with Crippen molar-refractivity contribution < 1.29 is 23.2 Å². The third-order valence-electron chi connectivity index (χ3n) is 2.94. The zero-order valence-corrected chi connectivity index (χ0v) is 13.2. The molecule has 8 heteroatoms. The van der Waals surface area contributed by atoms with E-state index < -0.39 is 23.8 Å². The van der Waals surface area contributed by atoms with E-state index in [1.165, 1.54) is 12.1 Å². The summed E-state index contributed by atoms with van der Waals surface area (Å²) in [5.74, 6) is -1.18. The molecule has 1 aromatic heterocycles. The largest absolute Gasteiger partial charge is 0.449 e. The van der Waals surface area contributed by atoms with Gasteiger partial charge in [-0.1, -0.05) is 23.7 Å². The van der Waals surface area contributed by atoms with Gasteiger partial charge >= 0.3 is 5.97 Å². The van der Waals surface area contributed by atoms with Crippen LogP contribution < -0.4 is 5.32 Å². The number of aryl methyl sites for hydroxylation is 1. The second-order valence-electron chi connectivity index (χ2n) is 4.74. The first-order valence-corrected chi connectivity index (χ1v) is 7.18. The van der Waals surface area contributed by atoms with Crippen LogP contribution in [0.3, 0.4) is 0 Å². The third kappa shape index (κ3) is 4.29. The van der Waals surface area contributed by atoms with Crippen molar-refractivity contribution >= 4 is 29.3 Å². The fraction of sp³-hybridized carbons (Fsp3) is 0.267. The average Bonchev–Trinajstić information content (AvgIpc) is 2.89. The number of amides is 1. The number of carbonyl (C=O) groups is 2. The molecule has 1 aromatic carbocycles. The number of anilines is 1. The van der Waals surface area contributed by atoms with E-state index in [1.54, 1.807) is 13.8 Å². The molecule has 0 saturated heterocycles. The van der Waals surface area contributed by atoms with Crippen molar-refractivity contribution in [3.63, 3.8) is 0 Å². The Morgan fingerprint density at radius 1 is 1.43 bits per heavy atom. The lowest BCUT2D eigenvalue weighted by Crippen LogP contribution is -2.32. The molecule has 0 radical (unpaired) electrons. The van der Waals surface area contributed by atoms with Crippen molar-refractivity contribution in [3.05, 3.63) is 46.4 Å². The molecule has 0 aliphatic rings. The van der Waals surface area contributed by atoms with Crippen LogP contribution in [0.1, 0.15) is 29.5 Å². The summed E-state index contributed by atoms with van der Waals surface area (Å²) in [6.07, 6.45) is -0.798. The van der Waals surface area contributed by atoms with Crippen LogP contribution >= 0.6 is 11.6 Å². The van der Waals surface area contributed by atoms with Gasteiger partial charge in [-0.05, 0) is 31.5 Å². The predicted molar refractivity (Wildman–Crippen MR) is 80.8 cm³/mol. The fourth-order valence-corrected chi connectivity index (χ4v) is 2.05. The second kappa shape index (κ2) is 7.23. The zero-order chi connectivity index (χ0) is 17.0. The van der Waals surface area contributed by atoms with Gasteiger partial charge in [0, 0.05) is 6.07 Å². The molecule has 0 unspecified atom stereocenters. The van der Waals surface area contributed by atoms with E-state index in [9.17, 15) is 14.0 Å². The topological polar surface area (TPSA) is 81.4 Å². The minimum absolute atomic E-state index is 0.0170. The maximum atomic E-state index is 13.0. The van der Waals surface area contributed by atoms with Gasteiger partial charge in [-0.15, -0.1) is 0 Å². The number of aromatic nitrogens is 1. The molecular weight excluding hydrogens is 327 g/mol. The standard InChI is InChI=1S/C15H14ClFN2O4/c1-3-12(14(20)18-13-6-8(2)23-19-13)22-15(21)10-5-4-9(17)7-11(10)16/h4-7,12H,3H2,1-2H3,(H,18,19,20)/t12-/m1/s1. The maximum Gasteiger partial charge on any atom is 0.340 e. The Hall–Kier alpha value is -2.41. The lowest BCUT2D eigenvalue weighted by atomic mass is 10.2. The van der Waals surface area contributed by atoms with Crippen LogP contribution in [-0.2, 0) is 9.53 Å². The number of benzene rings is 1. The van der Waals surface area contributed by atoms with Gasteiger partial charge in [0.1, 0.15) is 11.6 Å². The van der Waals surface area contributed by atoms with Crippen molar-refractivity contribution in [2.75, 3.05) is 5.32 Å². The first-order chi connectivity index (χ1) is 10.9. The first-order valence-electron chi connectivity index (χ1n) is 6.81. The minimum atomic E-state index is -1.04. The minimum Gasteiger partial charge on any atom is -0.449 e. The summed E-state index contributed by atoms with van der Waals surface area (Å²) in [6.45, 7) is 3.36. The number of nitrogens with zero attached hydrogens (tertiary/aromatic N) is 1. The van der Waals surface area contributed by atoms with Gasteiger partial charge in [0.15, 0.2) is 11.9 Å². The second-order valence-corrected chi connectivity index (χ2v) is 5.15. The van der Waals surface area contributed by atoms with Crippen LogP contribution in [-0.4, -0.2) is 23.1 Å². The first kappa shape index (κ1) is 17.0.